The standard InChI is InChI=1S/C46H60Si3/c1-10-47(11-2,12-3)35-27-31-38(32-28-35)49(37-21-16-17-22-37,39-33-29-36(30-34-39)48(13-4,14-5)15-6)43-26-20-25-41-40-23-18-19-24-42(40)45(44(41)43)46(7,8)9/h16-21,23-34,45H,10-15,22H2,1-9H3. The van der Waals surface area contributed by atoms with E-state index >= 15 is 0 Å². The van der Waals surface area contributed by atoms with Crippen molar-refractivity contribution in [2.45, 2.75) is 111 Å². The Hall–Kier alpha value is -2.99. The van der Waals surface area contributed by atoms with Crippen molar-refractivity contribution in [3.63, 3.8) is 0 Å². The molecule has 0 saturated heterocycles. The van der Waals surface area contributed by atoms with Gasteiger partial charge in [-0.15, -0.1) is 0 Å². The summed E-state index contributed by atoms with van der Waals surface area (Å²) in [5, 5.41) is 9.61. The second-order valence-corrected chi connectivity index (χ2v) is 30.4. The van der Waals surface area contributed by atoms with Crippen LogP contribution in [-0.2, 0) is 0 Å². The predicted molar refractivity (Wildman–Crippen MR) is 226 cm³/mol. The fourth-order valence-electron chi connectivity index (χ4n) is 10.1. The highest BCUT2D eigenvalue weighted by Crippen LogP contribution is 2.52. The maximum atomic E-state index is 2.61. The molecule has 0 bridgehead atoms. The Morgan fingerprint density at radius 3 is 1.47 bits per heavy atom. The summed E-state index contributed by atoms with van der Waals surface area (Å²) in [6.45, 7) is 22.0. The largest absolute Gasteiger partial charge is 0.176 e. The molecule has 4 aromatic carbocycles. The molecule has 1 unspecified atom stereocenters. The second-order valence-electron chi connectivity index (χ2n) is 16.1. The van der Waals surface area contributed by atoms with Crippen LogP contribution in [0.3, 0.4) is 0 Å². The Morgan fingerprint density at radius 1 is 0.551 bits per heavy atom. The molecule has 3 heteroatoms. The van der Waals surface area contributed by atoms with Crippen molar-refractivity contribution in [2.75, 3.05) is 0 Å². The molecule has 0 amide bonds. The van der Waals surface area contributed by atoms with Crippen LogP contribution in [0, 0.1) is 5.41 Å². The summed E-state index contributed by atoms with van der Waals surface area (Å²) in [5.41, 5.74) is 6.05. The molecule has 0 heterocycles. The van der Waals surface area contributed by atoms with E-state index in [1.165, 1.54) is 53.0 Å². The summed E-state index contributed by atoms with van der Waals surface area (Å²) in [6.07, 6.45) is 8.28. The van der Waals surface area contributed by atoms with Crippen LogP contribution in [0.5, 0.6) is 0 Å². The minimum atomic E-state index is -2.70. The van der Waals surface area contributed by atoms with E-state index in [4.69, 9.17) is 0 Å². The van der Waals surface area contributed by atoms with Crippen molar-refractivity contribution >= 4 is 50.2 Å². The van der Waals surface area contributed by atoms with Crippen LogP contribution < -0.4 is 25.9 Å². The van der Waals surface area contributed by atoms with Crippen LogP contribution in [0.4, 0.5) is 0 Å². The van der Waals surface area contributed by atoms with Gasteiger partial charge in [-0.1, -0.05) is 223 Å². The van der Waals surface area contributed by atoms with Crippen molar-refractivity contribution < 1.29 is 0 Å². The lowest BCUT2D eigenvalue weighted by atomic mass is 9.75. The monoisotopic (exact) mass is 696 g/mol. The smallest absolute Gasteiger partial charge is 0.0808 e. The highest BCUT2D eigenvalue weighted by molar-refractivity contribution is 7.16. The summed E-state index contributed by atoms with van der Waals surface area (Å²) in [6, 6.07) is 45.3. The Labute approximate surface area is 301 Å². The topological polar surface area (TPSA) is 0 Å². The van der Waals surface area contributed by atoms with Gasteiger partial charge in [-0.2, -0.15) is 0 Å². The Kier molecular flexibility index (Phi) is 10.2. The van der Waals surface area contributed by atoms with Gasteiger partial charge in [-0.05, 0) is 49.6 Å². The number of hydrogen-bond donors (Lipinski definition) is 0. The Morgan fingerprint density at radius 2 is 1.02 bits per heavy atom. The molecular weight excluding hydrogens is 637 g/mol. The number of benzene rings is 4. The Bertz CT molecular complexity index is 1750. The van der Waals surface area contributed by atoms with E-state index < -0.39 is 24.2 Å². The number of rotatable bonds is 12. The molecule has 0 N–H and O–H groups in total. The zero-order valence-electron chi connectivity index (χ0n) is 31.9. The lowest BCUT2D eigenvalue weighted by Gasteiger charge is -2.40. The first-order chi connectivity index (χ1) is 23.6. The molecule has 4 aromatic rings. The van der Waals surface area contributed by atoms with Gasteiger partial charge in [0.05, 0.1) is 16.1 Å². The summed E-state index contributed by atoms with van der Waals surface area (Å²) < 4.78 is 0. The van der Waals surface area contributed by atoms with Gasteiger partial charge in [0, 0.05) is 5.92 Å². The zero-order chi connectivity index (χ0) is 35.0. The van der Waals surface area contributed by atoms with Gasteiger partial charge >= 0.3 is 0 Å². The van der Waals surface area contributed by atoms with E-state index in [-0.39, 0.29) is 5.41 Å². The normalized spacial score (nSPS) is 16.1. The van der Waals surface area contributed by atoms with E-state index in [9.17, 15) is 0 Å². The van der Waals surface area contributed by atoms with E-state index in [0.29, 0.717) is 5.92 Å². The zero-order valence-corrected chi connectivity index (χ0v) is 34.9. The maximum Gasteiger partial charge on any atom is 0.176 e. The highest BCUT2D eigenvalue weighted by Gasteiger charge is 2.49. The van der Waals surface area contributed by atoms with Crippen molar-refractivity contribution in [1.29, 1.82) is 0 Å². The van der Waals surface area contributed by atoms with Gasteiger partial charge in [-0.25, -0.2) is 0 Å². The number of hydrogen-bond acceptors (Lipinski definition) is 0. The lowest BCUT2D eigenvalue weighted by molar-refractivity contribution is 0.364. The summed E-state index contributed by atoms with van der Waals surface area (Å²) >= 11 is 0. The molecule has 2 aliphatic carbocycles. The molecule has 0 spiro atoms. The van der Waals surface area contributed by atoms with Gasteiger partial charge in [0.25, 0.3) is 0 Å². The van der Waals surface area contributed by atoms with Crippen LogP contribution in [0.1, 0.15) is 85.8 Å². The van der Waals surface area contributed by atoms with E-state index in [1.54, 1.807) is 36.7 Å². The van der Waals surface area contributed by atoms with Crippen molar-refractivity contribution in [3.05, 3.63) is 126 Å². The molecule has 2 aliphatic rings. The average molecular weight is 697 g/mol. The molecule has 0 aromatic heterocycles. The Balaban J connectivity index is 1.70. The molecule has 0 fully saturated rings. The van der Waals surface area contributed by atoms with E-state index in [1.807, 2.05) is 0 Å². The van der Waals surface area contributed by atoms with Crippen LogP contribution in [0.2, 0.25) is 36.3 Å². The van der Waals surface area contributed by atoms with Gasteiger partial charge in [0.2, 0.25) is 0 Å². The molecule has 0 aliphatic heterocycles. The quantitative estimate of drug-likeness (QED) is 0.102. The first-order valence-corrected chi connectivity index (χ1v) is 26.7. The second kappa shape index (κ2) is 14.0. The van der Waals surface area contributed by atoms with Crippen LogP contribution in [-0.4, -0.2) is 24.2 Å². The summed E-state index contributed by atoms with van der Waals surface area (Å²) in [7, 11) is -5.72. The minimum Gasteiger partial charge on any atom is -0.0808 e. The average Bonchev–Trinajstić information content (AvgIpc) is 3.79. The van der Waals surface area contributed by atoms with Gasteiger partial charge < -0.3 is 0 Å². The number of fused-ring (bicyclic) bond motifs is 3. The predicted octanol–water partition coefficient (Wildman–Crippen LogP) is 10.2. The number of allylic oxidation sites excluding steroid dienone is 4. The van der Waals surface area contributed by atoms with Gasteiger partial charge in [-0.3, -0.25) is 0 Å². The van der Waals surface area contributed by atoms with E-state index in [2.05, 4.69) is 172 Å². The first-order valence-electron chi connectivity index (χ1n) is 19.4. The molecule has 6 rings (SSSR count). The molecule has 49 heavy (non-hydrogen) atoms. The molecule has 0 radical (unpaired) electrons. The molecule has 0 saturated carbocycles. The van der Waals surface area contributed by atoms with Crippen LogP contribution in [0.15, 0.2) is 114 Å². The van der Waals surface area contributed by atoms with Crippen LogP contribution in [0.25, 0.3) is 11.1 Å². The van der Waals surface area contributed by atoms with E-state index in [0.717, 1.165) is 6.42 Å². The maximum absolute atomic E-state index is 2.70. The molecular formula is C46H60Si3. The fourth-order valence-corrected chi connectivity index (χ4v) is 22.5. The van der Waals surface area contributed by atoms with Crippen LogP contribution >= 0.6 is 0 Å². The third kappa shape index (κ3) is 5.69. The van der Waals surface area contributed by atoms with Crippen molar-refractivity contribution in [2.24, 2.45) is 5.41 Å². The first kappa shape index (κ1) is 35.8. The minimum absolute atomic E-state index is 0.0801. The third-order valence-electron chi connectivity index (χ3n) is 13.4. The lowest BCUT2D eigenvalue weighted by Crippen LogP contribution is -2.70. The fraction of sp³-hybridized carbons (Fsp3) is 0.391. The van der Waals surface area contributed by atoms with Crippen molar-refractivity contribution in [1.82, 2.24) is 0 Å². The van der Waals surface area contributed by atoms with Crippen molar-refractivity contribution in [3.8, 4) is 11.1 Å². The molecule has 1 atom stereocenters. The summed E-state index contributed by atoms with van der Waals surface area (Å²) in [5.74, 6) is 0.343. The molecule has 0 nitrogen and oxygen atoms in total. The highest BCUT2D eigenvalue weighted by atomic mass is 28.3. The summed E-state index contributed by atoms with van der Waals surface area (Å²) in [4.78, 5) is 0. The molecule has 256 valence electrons. The SMILES string of the molecule is CC[Si](CC)(CC)c1ccc([Si](C2=CC=CC2)(c2ccc([Si](CC)(CC)CC)cc2)c2cccc3c2C(C(C)(C)C)c2ccccc2-3)cc1. The third-order valence-corrected chi connectivity index (χ3v) is 29.6. The van der Waals surface area contributed by atoms with Gasteiger partial charge in [0.15, 0.2) is 8.07 Å². The van der Waals surface area contributed by atoms with Gasteiger partial charge in [0.1, 0.15) is 0 Å².